The summed E-state index contributed by atoms with van der Waals surface area (Å²) < 4.78 is 59.0. The zero-order valence-electron chi connectivity index (χ0n) is 14.6. The molecule has 28 heavy (non-hydrogen) atoms. The van der Waals surface area contributed by atoms with Crippen LogP contribution in [-0.2, 0) is 10.9 Å². The number of hydrogen-bond donors (Lipinski definition) is 0. The van der Waals surface area contributed by atoms with Gasteiger partial charge in [0.1, 0.15) is 11.5 Å². The van der Waals surface area contributed by atoms with Crippen molar-refractivity contribution < 1.29 is 27.1 Å². The Balaban J connectivity index is 2.11. The molecule has 4 nitrogen and oxygen atoms in total. The monoisotopic (exact) mass is 390 g/mol. The number of nitrogens with zero attached hydrogens (tertiary/aromatic N) is 2. The Morgan fingerprint density at radius 2 is 1.82 bits per heavy atom. The van der Waals surface area contributed by atoms with Crippen molar-refractivity contribution in [3.63, 3.8) is 0 Å². The molecule has 0 aliphatic rings. The van der Waals surface area contributed by atoms with Crippen molar-refractivity contribution in [1.82, 2.24) is 9.97 Å². The summed E-state index contributed by atoms with van der Waals surface area (Å²) in [5.74, 6) is -1.94. The fourth-order valence-electron chi connectivity index (χ4n) is 2.53. The number of fused-ring (bicyclic) bond motifs is 1. The minimum atomic E-state index is -4.90. The second-order valence-corrected chi connectivity index (χ2v) is 5.75. The Hall–Kier alpha value is -3.29. The van der Waals surface area contributed by atoms with E-state index in [2.05, 4.69) is 14.7 Å². The number of pyridine rings is 2. The SMILES string of the molecule is CCOC(=O)c1cc2cc(F)c(/C=C/c3ccccc3)nc2nc1C(F)(F)F. The van der Waals surface area contributed by atoms with Crippen molar-refractivity contribution in [1.29, 1.82) is 0 Å². The van der Waals surface area contributed by atoms with Gasteiger partial charge in [-0.15, -0.1) is 0 Å². The zero-order chi connectivity index (χ0) is 20.3. The predicted molar refractivity (Wildman–Crippen MR) is 95.8 cm³/mol. The lowest BCUT2D eigenvalue weighted by molar-refractivity contribution is -0.141. The van der Waals surface area contributed by atoms with Crippen molar-refractivity contribution >= 4 is 29.2 Å². The molecule has 0 aliphatic carbocycles. The highest BCUT2D eigenvalue weighted by Gasteiger charge is 2.38. The van der Waals surface area contributed by atoms with Crippen LogP contribution in [-0.4, -0.2) is 22.5 Å². The first-order chi connectivity index (χ1) is 13.3. The molecule has 0 bridgehead atoms. The Bertz CT molecular complexity index is 1050. The molecular weight excluding hydrogens is 376 g/mol. The number of rotatable bonds is 4. The molecule has 2 aromatic heterocycles. The van der Waals surface area contributed by atoms with Crippen LogP contribution in [0.1, 0.15) is 34.2 Å². The lowest BCUT2D eigenvalue weighted by atomic mass is 10.1. The highest BCUT2D eigenvalue weighted by Crippen LogP contribution is 2.33. The van der Waals surface area contributed by atoms with Crippen molar-refractivity contribution in [2.24, 2.45) is 0 Å². The first-order valence-corrected chi connectivity index (χ1v) is 8.28. The first kappa shape index (κ1) is 19.5. The Kier molecular flexibility index (Phi) is 5.39. The highest BCUT2D eigenvalue weighted by atomic mass is 19.4. The van der Waals surface area contributed by atoms with Crippen LogP contribution in [0.3, 0.4) is 0 Å². The van der Waals surface area contributed by atoms with E-state index in [0.29, 0.717) is 0 Å². The van der Waals surface area contributed by atoms with E-state index in [-0.39, 0.29) is 23.3 Å². The van der Waals surface area contributed by atoms with Gasteiger partial charge in [-0.3, -0.25) is 0 Å². The lowest BCUT2D eigenvalue weighted by Crippen LogP contribution is -2.17. The highest BCUT2D eigenvalue weighted by molar-refractivity contribution is 5.95. The number of carbonyl (C=O) groups is 1. The summed E-state index contributed by atoms with van der Waals surface area (Å²) in [6, 6.07) is 10.8. The Morgan fingerprint density at radius 1 is 1.11 bits per heavy atom. The molecule has 8 heteroatoms. The number of hydrogen-bond acceptors (Lipinski definition) is 4. The summed E-state index contributed by atoms with van der Waals surface area (Å²) in [7, 11) is 0. The molecule has 0 saturated carbocycles. The molecule has 144 valence electrons. The smallest absolute Gasteiger partial charge is 0.434 e. The molecule has 3 rings (SSSR count). The molecule has 0 radical (unpaired) electrons. The summed E-state index contributed by atoms with van der Waals surface area (Å²) in [5, 5.41) is -0.0367. The van der Waals surface area contributed by atoms with Gasteiger partial charge in [-0.2, -0.15) is 13.2 Å². The van der Waals surface area contributed by atoms with E-state index in [1.165, 1.54) is 13.0 Å². The normalized spacial score (nSPS) is 11.9. The molecule has 0 saturated heterocycles. The maximum atomic E-state index is 14.4. The number of carbonyl (C=O) groups excluding carboxylic acids is 1. The molecular formula is C20H14F4N2O2. The van der Waals surface area contributed by atoms with Crippen LogP contribution in [0.4, 0.5) is 17.6 Å². The number of aromatic nitrogens is 2. The van der Waals surface area contributed by atoms with E-state index in [9.17, 15) is 22.4 Å². The van der Waals surface area contributed by atoms with Crippen molar-refractivity contribution in [2.75, 3.05) is 6.61 Å². The fourth-order valence-corrected chi connectivity index (χ4v) is 2.53. The molecule has 2 heterocycles. The Labute approximate surface area is 157 Å². The molecule has 0 spiro atoms. The average molecular weight is 390 g/mol. The van der Waals surface area contributed by atoms with Gasteiger partial charge in [-0.1, -0.05) is 36.4 Å². The van der Waals surface area contributed by atoms with E-state index in [1.807, 2.05) is 6.07 Å². The summed E-state index contributed by atoms with van der Waals surface area (Å²) in [4.78, 5) is 19.2. The van der Waals surface area contributed by atoms with Crippen LogP contribution in [0, 0.1) is 5.82 Å². The maximum Gasteiger partial charge on any atom is 0.434 e. The van der Waals surface area contributed by atoms with E-state index in [1.54, 1.807) is 30.3 Å². The maximum absolute atomic E-state index is 14.4. The number of alkyl halides is 3. The third-order valence-corrected chi connectivity index (χ3v) is 3.78. The summed E-state index contributed by atoms with van der Waals surface area (Å²) in [6.07, 6.45) is -1.97. The molecule has 0 amide bonds. The topological polar surface area (TPSA) is 52.1 Å². The van der Waals surface area contributed by atoms with Crippen LogP contribution in [0.5, 0.6) is 0 Å². The molecule has 0 fully saturated rings. The zero-order valence-corrected chi connectivity index (χ0v) is 14.6. The van der Waals surface area contributed by atoms with E-state index < -0.39 is 29.2 Å². The average Bonchev–Trinajstić information content (AvgIpc) is 2.65. The van der Waals surface area contributed by atoms with Gasteiger partial charge in [-0.05, 0) is 30.7 Å². The van der Waals surface area contributed by atoms with Gasteiger partial charge in [0.05, 0.1) is 12.2 Å². The molecule has 0 N–H and O–H groups in total. The van der Waals surface area contributed by atoms with E-state index in [0.717, 1.165) is 17.7 Å². The quantitative estimate of drug-likeness (QED) is 0.458. The van der Waals surface area contributed by atoms with E-state index >= 15 is 0 Å². The van der Waals surface area contributed by atoms with Crippen LogP contribution < -0.4 is 0 Å². The molecule has 1 aromatic carbocycles. The lowest BCUT2D eigenvalue weighted by Gasteiger charge is -2.12. The van der Waals surface area contributed by atoms with Crippen LogP contribution in [0.15, 0.2) is 42.5 Å². The Morgan fingerprint density at radius 3 is 2.46 bits per heavy atom. The third kappa shape index (κ3) is 4.16. The summed E-state index contributed by atoms with van der Waals surface area (Å²) in [5.41, 5.74) is -1.92. The van der Waals surface area contributed by atoms with Crippen molar-refractivity contribution in [3.05, 3.63) is 70.8 Å². The molecule has 0 atom stereocenters. The standard InChI is InChI=1S/C20H14F4N2O2/c1-2-28-19(27)14-10-13-11-15(21)16(9-8-12-6-4-3-5-7-12)25-18(13)26-17(14)20(22,23)24/h3-11H,2H2,1H3/b9-8+. The second kappa shape index (κ2) is 7.75. The van der Waals surface area contributed by atoms with Gasteiger partial charge in [0.25, 0.3) is 0 Å². The molecule has 0 unspecified atom stereocenters. The van der Waals surface area contributed by atoms with Gasteiger partial charge < -0.3 is 4.74 Å². The predicted octanol–water partition coefficient (Wildman–Crippen LogP) is 5.13. The van der Waals surface area contributed by atoms with Gasteiger partial charge in [0.2, 0.25) is 0 Å². The molecule has 3 aromatic rings. The third-order valence-electron chi connectivity index (χ3n) is 3.78. The largest absolute Gasteiger partial charge is 0.462 e. The minimum absolute atomic E-state index is 0.0367. The number of ether oxygens (including phenoxy) is 1. The first-order valence-electron chi connectivity index (χ1n) is 8.28. The van der Waals surface area contributed by atoms with Gasteiger partial charge in [-0.25, -0.2) is 19.2 Å². The van der Waals surface area contributed by atoms with Gasteiger partial charge >= 0.3 is 12.1 Å². The summed E-state index contributed by atoms with van der Waals surface area (Å²) in [6.45, 7) is 1.36. The van der Waals surface area contributed by atoms with Crippen LogP contribution in [0.2, 0.25) is 0 Å². The number of benzene rings is 1. The molecule has 0 aliphatic heterocycles. The van der Waals surface area contributed by atoms with Gasteiger partial charge in [0.15, 0.2) is 11.3 Å². The van der Waals surface area contributed by atoms with Crippen LogP contribution in [0.25, 0.3) is 23.2 Å². The van der Waals surface area contributed by atoms with E-state index in [4.69, 9.17) is 0 Å². The number of esters is 1. The summed E-state index contributed by atoms with van der Waals surface area (Å²) >= 11 is 0. The fraction of sp³-hybridized carbons (Fsp3) is 0.150. The second-order valence-electron chi connectivity index (χ2n) is 5.75. The van der Waals surface area contributed by atoms with Gasteiger partial charge in [0, 0.05) is 5.39 Å². The van der Waals surface area contributed by atoms with Crippen molar-refractivity contribution in [3.8, 4) is 0 Å². The minimum Gasteiger partial charge on any atom is -0.462 e. The number of halogens is 4. The van der Waals surface area contributed by atoms with Crippen LogP contribution >= 0.6 is 0 Å². The van der Waals surface area contributed by atoms with Crippen molar-refractivity contribution in [2.45, 2.75) is 13.1 Å².